The van der Waals surface area contributed by atoms with Crippen molar-refractivity contribution in [2.24, 2.45) is 0 Å². The number of nitrogens with one attached hydrogen (secondary N) is 2. The maximum absolute atomic E-state index is 13.5. The second-order valence-corrected chi connectivity index (χ2v) is 8.73. The Morgan fingerprint density at radius 1 is 0.800 bits per heavy atom. The lowest BCUT2D eigenvalue weighted by molar-refractivity contribution is -0.116. The van der Waals surface area contributed by atoms with Gasteiger partial charge in [-0.25, -0.2) is 0 Å². The molecule has 0 saturated carbocycles. The number of carbonyl (C=O) groups is 1. The van der Waals surface area contributed by atoms with E-state index in [2.05, 4.69) is 77.6 Å². The van der Waals surface area contributed by atoms with Crippen molar-refractivity contribution in [2.75, 3.05) is 16.9 Å². The highest BCUT2D eigenvalue weighted by atomic mass is 32.2. The van der Waals surface area contributed by atoms with Crippen LogP contribution in [0.15, 0.2) is 95.0 Å². The van der Waals surface area contributed by atoms with Crippen LogP contribution in [0.1, 0.15) is 35.9 Å². The van der Waals surface area contributed by atoms with Crippen molar-refractivity contribution in [3.8, 4) is 0 Å². The van der Waals surface area contributed by atoms with E-state index in [1.807, 2.05) is 18.2 Å². The zero-order valence-electron chi connectivity index (χ0n) is 16.9. The summed E-state index contributed by atoms with van der Waals surface area (Å²) in [6, 6.07) is 27.0. The molecule has 0 unspecified atom stereocenters. The van der Waals surface area contributed by atoms with Gasteiger partial charge in [-0.05, 0) is 54.0 Å². The van der Waals surface area contributed by atoms with Crippen LogP contribution in [0.4, 0.5) is 11.4 Å². The van der Waals surface area contributed by atoms with Crippen LogP contribution in [0.5, 0.6) is 0 Å². The van der Waals surface area contributed by atoms with Crippen molar-refractivity contribution in [1.82, 2.24) is 0 Å². The first-order valence-electron chi connectivity index (χ1n) is 10.3. The number of allylic oxidation sites excluding steroid dienone is 1. The van der Waals surface area contributed by atoms with Crippen LogP contribution < -0.4 is 10.6 Å². The predicted octanol–water partition coefficient (Wildman–Crippen LogP) is 6.39. The first-order valence-corrected chi connectivity index (χ1v) is 11.5. The second-order valence-electron chi connectivity index (χ2n) is 7.85. The van der Waals surface area contributed by atoms with Crippen LogP contribution in [-0.4, -0.2) is 12.0 Å². The molecular weight excluding hydrogens is 388 g/mol. The van der Waals surface area contributed by atoms with E-state index in [0.717, 1.165) is 34.6 Å². The van der Waals surface area contributed by atoms with Gasteiger partial charge in [0.1, 0.15) is 0 Å². The Hall–Kier alpha value is -2.98. The van der Waals surface area contributed by atoms with Gasteiger partial charge in [-0.2, -0.15) is 0 Å². The molecule has 3 nitrogen and oxygen atoms in total. The Kier molecular flexibility index (Phi) is 5.09. The van der Waals surface area contributed by atoms with Gasteiger partial charge in [0.05, 0.1) is 17.4 Å². The Balaban J connectivity index is 1.60. The zero-order valence-corrected chi connectivity index (χ0v) is 17.7. The number of para-hydroxylation sites is 2. The highest BCUT2D eigenvalue weighted by molar-refractivity contribution is 7.98. The topological polar surface area (TPSA) is 41.1 Å². The van der Waals surface area contributed by atoms with Gasteiger partial charge in [-0.3, -0.25) is 4.79 Å². The van der Waals surface area contributed by atoms with Gasteiger partial charge >= 0.3 is 0 Å². The molecule has 0 radical (unpaired) electrons. The van der Waals surface area contributed by atoms with Crippen molar-refractivity contribution in [3.05, 3.63) is 101 Å². The third-order valence-corrected chi connectivity index (χ3v) is 6.77. The maximum Gasteiger partial charge on any atom is 0.163 e. The monoisotopic (exact) mass is 412 g/mol. The molecule has 30 heavy (non-hydrogen) atoms. The summed E-state index contributed by atoms with van der Waals surface area (Å²) in [5.41, 5.74) is 6.30. The fourth-order valence-electron chi connectivity index (χ4n) is 4.50. The van der Waals surface area contributed by atoms with E-state index in [1.165, 1.54) is 10.5 Å². The van der Waals surface area contributed by atoms with Gasteiger partial charge in [0.2, 0.25) is 0 Å². The molecule has 4 heteroatoms. The molecule has 2 N–H and O–H groups in total. The molecule has 0 fully saturated rings. The lowest BCUT2D eigenvalue weighted by Gasteiger charge is -2.30. The Morgan fingerprint density at radius 3 is 2.23 bits per heavy atom. The van der Waals surface area contributed by atoms with Crippen molar-refractivity contribution in [2.45, 2.75) is 29.7 Å². The summed E-state index contributed by atoms with van der Waals surface area (Å²) in [7, 11) is 0. The number of rotatable bonds is 3. The third-order valence-electron chi connectivity index (χ3n) is 6.03. The molecule has 3 aromatic carbocycles. The van der Waals surface area contributed by atoms with Crippen molar-refractivity contribution in [1.29, 1.82) is 0 Å². The van der Waals surface area contributed by atoms with E-state index in [4.69, 9.17) is 0 Å². The normalized spacial score (nSPS) is 20.5. The molecule has 2 atom stereocenters. The minimum Gasteiger partial charge on any atom is -0.372 e. The fraction of sp³-hybridized carbons (Fsp3) is 0.192. The van der Waals surface area contributed by atoms with Crippen molar-refractivity contribution < 1.29 is 4.79 Å². The van der Waals surface area contributed by atoms with E-state index in [-0.39, 0.29) is 17.7 Å². The predicted molar refractivity (Wildman–Crippen MR) is 125 cm³/mol. The number of hydrogen-bond donors (Lipinski definition) is 2. The average molecular weight is 413 g/mol. The van der Waals surface area contributed by atoms with Crippen LogP contribution in [0.25, 0.3) is 0 Å². The lowest BCUT2D eigenvalue weighted by Crippen LogP contribution is -2.26. The number of hydrogen-bond acceptors (Lipinski definition) is 4. The Labute approximate surface area is 181 Å². The van der Waals surface area contributed by atoms with E-state index in [1.54, 1.807) is 11.8 Å². The molecule has 2 aliphatic rings. The van der Waals surface area contributed by atoms with Crippen LogP contribution in [0, 0.1) is 0 Å². The highest BCUT2D eigenvalue weighted by Crippen LogP contribution is 2.44. The lowest BCUT2D eigenvalue weighted by atomic mass is 9.78. The Morgan fingerprint density at radius 2 is 1.50 bits per heavy atom. The molecule has 1 aliphatic carbocycles. The molecule has 0 amide bonds. The number of fused-ring (bicyclic) bond motifs is 1. The molecule has 1 heterocycles. The molecule has 1 aliphatic heterocycles. The summed E-state index contributed by atoms with van der Waals surface area (Å²) in [5.74, 6) is 0.423. The molecule has 5 rings (SSSR count). The molecule has 0 saturated heterocycles. The highest BCUT2D eigenvalue weighted by Gasteiger charge is 2.35. The van der Waals surface area contributed by atoms with E-state index in [0.29, 0.717) is 6.42 Å². The third kappa shape index (κ3) is 3.52. The summed E-state index contributed by atoms with van der Waals surface area (Å²) in [6.07, 6.45) is 3.45. The molecule has 0 bridgehead atoms. The second kappa shape index (κ2) is 8.04. The molecule has 150 valence electrons. The first kappa shape index (κ1) is 19.0. The van der Waals surface area contributed by atoms with Gasteiger partial charge in [0, 0.05) is 22.6 Å². The summed E-state index contributed by atoms with van der Waals surface area (Å²) in [4.78, 5) is 14.7. The van der Waals surface area contributed by atoms with Gasteiger partial charge in [0.25, 0.3) is 0 Å². The summed E-state index contributed by atoms with van der Waals surface area (Å²) >= 11 is 1.73. The number of ketones is 1. The van der Waals surface area contributed by atoms with Crippen molar-refractivity contribution in [3.63, 3.8) is 0 Å². The SMILES string of the molecule is CSc1ccc([C@@H]2Nc3ccccc3NC3=C2C(=O)C[C@@H](c2ccccc2)C3)cc1. The maximum atomic E-state index is 13.5. The fourth-order valence-corrected chi connectivity index (χ4v) is 4.91. The van der Waals surface area contributed by atoms with Gasteiger partial charge in [0.15, 0.2) is 5.78 Å². The average Bonchev–Trinajstić information content (AvgIpc) is 2.96. The molecule has 3 aromatic rings. The van der Waals surface area contributed by atoms with Crippen LogP contribution >= 0.6 is 11.8 Å². The van der Waals surface area contributed by atoms with Crippen LogP contribution in [0.2, 0.25) is 0 Å². The number of benzene rings is 3. The van der Waals surface area contributed by atoms with Crippen LogP contribution in [-0.2, 0) is 4.79 Å². The number of anilines is 2. The molecular formula is C26H24N2OS. The Bertz CT molecular complexity index is 1110. The summed E-state index contributed by atoms with van der Waals surface area (Å²) < 4.78 is 0. The minimum atomic E-state index is -0.156. The number of carbonyl (C=O) groups excluding carboxylic acids is 1. The quantitative estimate of drug-likeness (QED) is 0.489. The van der Waals surface area contributed by atoms with Gasteiger partial charge in [-0.15, -0.1) is 11.8 Å². The minimum absolute atomic E-state index is 0.156. The molecule has 0 spiro atoms. The summed E-state index contributed by atoms with van der Waals surface area (Å²) in [6.45, 7) is 0. The number of thioether (sulfide) groups is 1. The van der Waals surface area contributed by atoms with Gasteiger partial charge < -0.3 is 10.6 Å². The standard InChI is InChI=1S/C26H24N2OS/c1-30-20-13-11-18(12-14-20)26-25-23(27-21-9-5-6-10-22(21)28-26)15-19(16-24(25)29)17-7-3-2-4-8-17/h2-14,19,26-28H,15-16H2,1H3/t19-,26-/m0/s1. The summed E-state index contributed by atoms with van der Waals surface area (Å²) in [5, 5.41) is 7.26. The molecule has 0 aromatic heterocycles. The van der Waals surface area contributed by atoms with E-state index < -0.39 is 0 Å². The van der Waals surface area contributed by atoms with Crippen molar-refractivity contribution >= 4 is 28.9 Å². The van der Waals surface area contributed by atoms with E-state index >= 15 is 0 Å². The van der Waals surface area contributed by atoms with Gasteiger partial charge in [-0.1, -0.05) is 54.6 Å². The largest absolute Gasteiger partial charge is 0.372 e. The smallest absolute Gasteiger partial charge is 0.163 e. The zero-order chi connectivity index (χ0) is 20.5. The number of Topliss-reactive ketones (excluding diaryl/α,β-unsaturated/α-hetero) is 1. The van der Waals surface area contributed by atoms with E-state index in [9.17, 15) is 4.79 Å². The van der Waals surface area contributed by atoms with Crippen LogP contribution in [0.3, 0.4) is 0 Å². The first-order chi connectivity index (χ1) is 14.7.